The Labute approximate surface area is 82.2 Å². The van der Waals surface area contributed by atoms with Crippen molar-refractivity contribution in [2.75, 3.05) is 31.1 Å². The van der Waals surface area contributed by atoms with Gasteiger partial charge < -0.3 is 10.2 Å². The van der Waals surface area contributed by atoms with Crippen molar-refractivity contribution in [1.82, 2.24) is 15.3 Å². The molecule has 2 N–H and O–H groups in total. The van der Waals surface area contributed by atoms with Gasteiger partial charge in [0.1, 0.15) is 0 Å². The Balaban J connectivity index is 2.26. The van der Waals surface area contributed by atoms with E-state index in [0.717, 1.165) is 31.9 Å². The highest BCUT2D eigenvalue weighted by atomic mass is 16.1. The summed E-state index contributed by atoms with van der Waals surface area (Å²) in [7, 11) is 0. The highest BCUT2D eigenvalue weighted by Gasteiger charge is 2.12. The minimum atomic E-state index is -0.0777. The topological polar surface area (TPSA) is 61.0 Å². The molecule has 0 spiro atoms. The first-order valence-electron chi connectivity index (χ1n) is 4.79. The van der Waals surface area contributed by atoms with Crippen molar-refractivity contribution in [2.24, 2.45) is 0 Å². The first kappa shape index (κ1) is 9.21. The molecule has 0 amide bonds. The smallest absolute Gasteiger partial charge is 0.252 e. The van der Waals surface area contributed by atoms with E-state index in [2.05, 4.69) is 20.2 Å². The van der Waals surface area contributed by atoms with E-state index in [0.29, 0.717) is 5.95 Å². The molecule has 1 aromatic heterocycles. The van der Waals surface area contributed by atoms with Gasteiger partial charge in [0.2, 0.25) is 5.95 Å². The largest absolute Gasteiger partial charge is 0.340 e. The molecule has 14 heavy (non-hydrogen) atoms. The zero-order valence-electron chi connectivity index (χ0n) is 8.21. The van der Waals surface area contributed by atoms with E-state index >= 15 is 0 Å². The monoisotopic (exact) mass is 194 g/mol. The van der Waals surface area contributed by atoms with Gasteiger partial charge in [0.15, 0.2) is 0 Å². The molecule has 2 rings (SSSR count). The maximum atomic E-state index is 11.2. The summed E-state index contributed by atoms with van der Waals surface area (Å²) >= 11 is 0. The Morgan fingerprint density at radius 3 is 2.79 bits per heavy atom. The van der Waals surface area contributed by atoms with Crippen LogP contribution in [-0.2, 0) is 0 Å². The molecule has 1 saturated heterocycles. The fraction of sp³-hybridized carbons (Fsp3) is 0.556. The third-order valence-electron chi connectivity index (χ3n) is 2.27. The lowest BCUT2D eigenvalue weighted by atomic mass is 10.4. The molecule has 0 saturated carbocycles. The third-order valence-corrected chi connectivity index (χ3v) is 2.27. The maximum absolute atomic E-state index is 11.2. The van der Waals surface area contributed by atoms with Gasteiger partial charge in [-0.3, -0.25) is 9.78 Å². The normalized spacial score (nSPS) is 17.1. The Kier molecular flexibility index (Phi) is 2.49. The zero-order valence-corrected chi connectivity index (χ0v) is 8.21. The van der Waals surface area contributed by atoms with Crippen molar-refractivity contribution in [1.29, 1.82) is 0 Å². The highest BCUT2D eigenvalue weighted by Crippen LogP contribution is 2.05. The number of piperazine rings is 1. The molecule has 1 aliphatic heterocycles. The van der Waals surface area contributed by atoms with Gasteiger partial charge in [-0.2, -0.15) is 0 Å². The lowest BCUT2D eigenvalue weighted by Gasteiger charge is -2.27. The summed E-state index contributed by atoms with van der Waals surface area (Å²) in [6.45, 7) is 5.51. The van der Waals surface area contributed by atoms with Crippen LogP contribution in [0.5, 0.6) is 0 Å². The molecule has 5 nitrogen and oxygen atoms in total. The number of hydrogen-bond donors (Lipinski definition) is 2. The Morgan fingerprint density at radius 1 is 1.43 bits per heavy atom. The van der Waals surface area contributed by atoms with Crippen LogP contribution in [0.3, 0.4) is 0 Å². The molecular weight excluding hydrogens is 180 g/mol. The van der Waals surface area contributed by atoms with Crippen molar-refractivity contribution in [3.05, 3.63) is 22.1 Å². The highest BCUT2D eigenvalue weighted by molar-refractivity contribution is 5.30. The molecule has 1 aromatic rings. The van der Waals surface area contributed by atoms with E-state index in [4.69, 9.17) is 0 Å². The van der Waals surface area contributed by atoms with Crippen molar-refractivity contribution >= 4 is 5.95 Å². The van der Waals surface area contributed by atoms with Crippen molar-refractivity contribution in [2.45, 2.75) is 6.92 Å². The lowest BCUT2D eigenvalue weighted by Crippen LogP contribution is -2.44. The number of aromatic nitrogens is 2. The third kappa shape index (κ3) is 1.93. The van der Waals surface area contributed by atoms with Gasteiger partial charge in [0.05, 0.1) is 0 Å². The maximum Gasteiger partial charge on any atom is 0.252 e. The van der Waals surface area contributed by atoms with Crippen molar-refractivity contribution < 1.29 is 0 Å². The van der Waals surface area contributed by atoms with Gasteiger partial charge in [-0.05, 0) is 6.92 Å². The minimum Gasteiger partial charge on any atom is -0.340 e. The number of aromatic amines is 1. The van der Waals surface area contributed by atoms with Gasteiger partial charge >= 0.3 is 0 Å². The van der Waals surface area contributed by atoms with Crippen LogP contribution < -0.4 is 15.8 Å². The molecule has 1 fully saturated rings. The standard InChI is InChI=1S/C9H14N4O/c1-7-6-8(14)12-9(11-7)13-4-2-10-3-5-13/h6,10H,2-5H2,1H3,(H,11,12,14). The van der Waals surface area contributed by atoms with Gasteiger partial charge in [-0.1, -0.05) is 0 Å². The molecule has 5 heteroatoms. The van der Waals surface area contributed by atoms with E-state index < -0.39 is 0 Å². The van der Waals surface area contributed by atoms with E-state index in [1.165, 1.54) is 6.07 Å². The predicted molar refractivity (Wildman–Crippen MR) is 54.7 cm³/mol. The molecule has 0 aromatic carbocycles. The fourth-order valence-electron chi connectivity index (χ4n) is 1.59. The summed E-state index contributed by atoms with van der Waals surface area (Å²) in [5.74, 6) is 0.691. The first-order valence-corrected chi connectivity index (χ1v) is 4.79. The molecule has 0 radical (unpaired) electrons. The SMILES string of the molecule is Cc1cc(=O)[nH]c(N2CCNCC2)n1. The predicted octanol–water partition coefficient (Wildman–Crippen LogP) is -0.512. The van der Waals surface area contributed by atoms with Crippen molar-refractivity contribution in [3.8, 4) is 0 Å². The van der Waals surface area contributed by atoms with Gasteiger partial charge in [-0.25, -0.2) is 4.98 Å². The number of aryl methyl sites for hydroxylation is 1. The zero-order chi connectivity index (χ0) is 9.97. The second kappa shape index (κ2) is 3.79. The van der Waals surface area contributed by atoms with Gasteiger partial charge in [0.25, 0.3) is 5.56 Å². The summed E-state index contributed by atoms with van der Waals surface area (Å²) in [6.07, 6.45) is 0. The van der Waals surface area contributed by atoms with Gasteiger partial charge in [-0.15, -0.1) is 0 Å². The first-order chi connectivity index (χ1) is 6.75. The van der Waals surface area contributed by atoms with Crippen LogP contribution in [0.4, 0.5) is 5.95 Å². The fourth-order valence-corrected chi connectivity index (χ4v) is 1.59. The quantitative estimate of drug-likeness (QED) is 0.632. The number of hydrogen-bond acceptors (Lipinski definition) is 4. The summed E-state index contributed by atoms with van der Waals surface area (Å²) in [4.78, 5) is 20.4. The van der Waals surface area contributed by atoms with Crippen LogP contribution in [0.1, 0.15) is 5.69 Å². The van der Waals surface area contributed by atoms with Crippen LogP contribution >= 0.6 is 0 Å². The Hall–Kier alpha value is -1.36. The average Bonchev–Trinajstić information content (AvgIpc) is 2.18. The molecule has 76 valence electrons. The molecule has 0 bridgehead atoms. The lowest BCUT2D eigenvalue weighted by molar-refractivity contribution is 0.578. The number of nitrogens with zero attached hydrogens (tertiary/aromatic N) is 2. The molecular formula is C9H14N4O. The number of anilines is 1. The Bertz CT molecular complexity index is 367. The van der Waals surface area contributed by atoms with E-state index in [-0.39, 0.29) is 5.56 Å². The average molecular weight is 194 g/mol. The van der Waals surface area contributed by atoms with Crippen LogP contribution in [0.25, 0.3) is 0 Å². The number of rotatable bonds is 1. The van der Waals surface area contributed by atoms with Crippen LogP contribution in [0.2, 0.25) is 0 Å². The minimum absolute atomic E-state index is 0.0777. The molecule has 2 heterocycles. The molecule has 1 aliphatic rings. The van der Waals surface area contributed by atoms with Crippen LogP contribution in [-0.4, -0.2) is 36.1 Å². The van der Waals surface area contributed by atoms with E-state index in [1.807, 2.05) is 6.92 Å². The van der Waals surface area contributed by atoms with Crippen molar-refractivity contribution in [3.63, 3.8) is 0 Å². The molecule has 0 unspecified atom stereocenters. The molecule has 0 aliphatic carbocycles. The summed E-state index contributed by atoms with van der Waals surface area (Å²) < 4.78 is 0. The van der Waals surface area contributed by atoms with E-state index in [9.17, 15) is 4.79 Å². The second-order valence-electron chi connectivity index (χ2n) is 3.45. The number of nitrogens with one attached hydrogen (secondary N) is 2. The van der Waals surface area contributed by atoms with E-state index in [1.54, 1.807) is 0 Å². The number of H-pyrrole nitrogens is 1. The summed E-state index contributed by atoms with van der Waals surface area (Å²) in [5.41, 5.74) is 0.688. The van der Waals surface area contributed by atoms with Crippen LogP contribution in [0.15, 0.2) is 10.9 Å². The van der Waals surface area contributed by atoms with Gasteiger partial charge in [0, 0.05) is 37.9 Å². The summed E-state index contributed by atoms with van der Waals surface area (Å²) in [6, 6.07) is 1.51. The summed E-state index contributed by atoms with van der Waals surface area (Å²) in [5, 5.41) is 3.25. The Morgan fingerprint density at radius 2 is 2.14 bits per heavy atom. The van der Waals surface area contributed by atoms with Crippen LogP contribution in [0, 0.1) is 6.92 Å². The molecule has 0 atom stereocenters. The second-order valence-corrected chi connectivity index (χ2v) is 3.45.